The first-order valence-electron chi connectivity index (χ1n) is 11.5. The SMILES string of the molecule is CN=C(NCCc1csc(N2CCCC2)n1)NCC1CCCOC1c1ccc(C)cc1.I. The monoisotopic (exact) mass is 569 g/mol. The zero-order valence-corrected chi connectivity index (χ0v) is 22.3. The van der Waals surface area contributed by atoms with Crippen LogP contribution in [0, 0.1) is 12.8 Å². The molecule has 2 fully saturated rings. The molecule has 2 aliphatic rings. The van der Waals surface area contributed by atoms with Crippen molar-refractivity contribution < 1.29 is 4.74 Å². The number of thiazole rings is 1. The molecule has 0 bridgehead atoms. The van der Waals surface area contributed by atoms with Crippen molar-refractivity contribution in [1.82, 2.24) is 15.6 Å². The van der Waals surface area contributed by atoms with E-state index in [0.29, 0.717) is 5.92 Å². The first kappa shape index (κ1) is 25.2. The largest absolute Gasteiger partial charge is 0.373 e. The summed E-state index contributed by atoms with van der Waals surface area (Å²) in [5.41, 5.74) is 3.72. The van der Waals surface area contributed by atoms with Crippen molar-refractivity contribution in [1.29, 1.82) is 0 Å². The van der Waals surface area contributed by atoms with Crippen LogP contribution in [-0.4, -0.2) is 50.8 Å². The lowest BCUT2D eigenvalue weighted by Gasteiger charge is -2.32. The molecule has 1 aromatic heterocycles. The maximum Gasteiger partial charge on any atom is 0.191 e. The predicted molar refractivity (Wildman–Crippen MR) is 145 cm³/mol. The van der Waals surface area contributed by atoms with Gasteiger partial charge in [-0.15, -0.1) is 35.3 Å². The van der Waals surface area contributed by atoms with Crippen LogP contribution >= 0.6 is 35.3 Å². The second-order valence-corrected chi connectivity index (χ2v) is 9.39. The lowest BCUT2D eigenvalue weighted by atomic mass is 9.89. The number of anilines is 1. The average molecular weight is 570 g/mol. The van der Waals surface area contributed by atoms with Crippen molar-refractivity contribution in [2.75, 3.05) is 44.7 Å². The fourth-order valence-electron chi connectivity index (χ4n) is 4.40. The molecular formula is C24H36IN5OS. The number of halogens is 1. The van der Waals surface area contributed by atoms with Crippen LogP contribution in [0.5, 0.6) is 0 Å². The Balaban J connectivity index is 0.00000289. The van der Waals surface area contributed by atoms with Gasteiger partial charge in [0.1, 0.15) is 0 Å². The summed E-state index contributed by atoms with van der Waals surface area (Å²) < 4.78 is 6.15. The van der Waals surface area contributed by atoms with E-state index < -0.39 is 0 Å². The van der Waals surface area contributed by atoms with Crippen LogP contribution in [0.25, 0.3) is 0 Å². The van der Waals surface area contributed by atoms with Gasteiger partial charge in [-0.25, -0.2) is 4.98 Å². The Bertz CT molecular complexity index is 850. The van der Waals surface area contributed by atoms with Gasteiger partial charge in [-0.3, -0.25) is 4.99 Å². The third kappa shape index (κ3) is 6.81. The van der Waals surface area contributed by atoms with Crippen molar-refractivity contribution in [2.45, 2.75) is 45.1 Å². The Morgan fingerprint density at radius 3 is 2.72 bits per heavy atom. The molecule has 3 heterocycles. The number of benzene rings is 1. The van der Waals surface area contributed by atoms with Crippen LogP contribution in [0.4, 0.5) is 5.13 Å². The van der Waals surface area contributed by atoms with Gasteiger partial charge in [0, 0.05) is 57.6 Å². The minimum Gasteiger partial charge on any atom is -0.373 e. The van der Waals surface area contributed by atoms with Crippen LogP contribution in [0.1, 0.15) is 48.6 Å². The lowest BCUT2D eigenvalue weighted by molar-refractivity contribution is -0.0265. The Morgan fingerprint density at radius 1 is 1.19 bits per heavy atom. The van der Waals surface area contributed by atoms with E-state index in [1.807, 2.05) is 7.05 Å². The van der Waals surface area contributed by atoms with E-state index in [9.17, 15) is 0 Å². The minimum absolute atomic E-state index is 0. The number of rotatable bonds is 7. The Kier molecular flexibility index (Phi) is 10.1. The number of aromatic nitrogens is 1. The average Bonchev–Trinajstić information content (AvgIpc) is 3.49. The molecule has 0 aliphatic carbocycles. The van der Waals surface area contributed by atoms with Gasteiger partial charge in [0.25, 0.3) is 0 Å². The summed E-state index contributed by atoms with van der Waals surface area (Å²) in [6.07, 6.45) is 5.91. The summed E-state index contributed by atoms with van der Waals surface area (Å²) >= 11 is 1.77. The molecule has 32 heavy (non-hydrogen) atoms. The van der Waals surface area contributed by atoms with E-state index >= 15 is 0 Å². The minimum atomic E-state index is 0. The highest BCUT2D eigenvalue weighted by atomic mass is 127. The molecule has 2 N–H and O–H groups in total. The van der Waals surface area contributed by atoms with Gasteiger partial charge >= 0.3 is 0 Å². The van der Waals surface area contributed by atoms with Gasteiger partial charge in [-0.2, -0.15) is 0 Å². The maximum absolute atomic E-state index is 6.15. The summed E-state index contributed by atoms with van der Waals surface area (Å²) in [6.45, 7) is 6.94. The highest BCUT2D eigenvalue weighted by molar-refractivity contribution is 14.0. The summed E-state index contributed by atoms with van der Waals surface area (Å²) in [4.78, 5) is 11.6. The third-order valence-corrected chi connectivity index (χ3v) is 7.15. The van der Waals surface area contributed by atoms with Crippen LogP contribution in [0.3, 0.4) is 0 Å². The molecule has 2 saturated heterocycles. The molecule has 0 saturated carbocycles. The quantitative estimate of drug-likeness (QED) is 0.291. The Hall–Kier alpha value is -1.39. The van der Waals surface area contributed by atoms with E-state index in [4.69, 9.17) is 9.72 Å². The molecule has 2 aromatic rings. The van der Waals surface area contributed by atoms with Crippen LogP contribution in [-0.2, 0) is 11.2 Å². The van der Waals surface area contributed by atoms with Crippen molar-refractivity contribution in [3.63, 3.8) is 0 Å². The zero-order valence-electron chi connectivity index (χ0n) is 19.2. The molecule has 2 atom stereocenters. The van der Waals surface area contributed by atoms with E-state index in [-0.39, 0.29) is 30.1 Å². The topological polar surface area (TPSA) is 61.8 Å². The zero-order chi connectivity index (χ0) is 21.5. The second-order valence-electron chi connectivity index (χ2n) is 8.55. The second kappa shape index (κ2) is 12.7. The van der Waals surface area contributed by atoms with Crippen molar-refractivity contribution in [3.05, 3.63) is 46.5 Å². The smallest absolute Gasteiger partial charge is 0.191 e. The van der Waals surface area contributed by atoms with Crippen molar-refractivity contribution >= 4 is 46.4 Å². The number of nitrogens with one attached hydrogen (secondary N) is 2. The number of aliphatic imine (C=N–C) groups is 1. The molecule has 0 radical (unpaired) electrons. The fourth-order valence-corrected chi connectivity index (χ4v) is 5.31. The summed E-state index contributed by atoms with van der Waals surface area (Å²) in [5.74, 6) is 1.29. The normalized spacial score (nSPS) is 21.3. The fraction of sp³-hybridized carbons (Fsp3) is 0.583. The van der Waals surface area contributed by atoms with Crippen LogP contribution in [0.2, 0.25) is 0 Å². The predicted octanol–water partition coefficient (Wildman–Crippen LogP) is 4.55. The van der Waals surface area contributed by atoms with Gasteiger partial charge in [0.05, 0.1) is 11.8 Å². The van der Waals surface area contributed by atoms with E-state index in [1.165, 1.54) is 35.5 Å². The van der Waals surface area contributed by atoms with Gasteiger partial charge in [0.15, 0.2) is 11.1 Å². The van der Waals surface area contributed by atoms with E-state index in [0.717, 1.165) is 57.3 Å². The summed E-state index contributed by atoms with van der Waals surface area (Å²) in [7, 11) is 1.83. The third-order valence-electron chi connectivity index (χ3n) is 6.20. The first-order chi connectivity index (χ1) is 15.2. The van der Waals surface area contributed by atoms with E-state index in [1.54, 1.807) is 11.3 Å². The molecule has 1 aromatic carbocycles. The van der Waals surface area contributed by atoms with Crippen LogP contribution in [0.15, 0.2) is 34.6 Å². The van der Waals surface area contributed by atoms with Gasteiger partial charge in [-0.1, -0.05) is 29.8 Å². The number of hydrogen-bond acceptors (Lipinski definition) is 5. The highest BCUT2D eigenvalue weighted by Crippen LogP contribution is 2.33. The number of aryl methyl sites for hydroxylation is 1. The lowest BCUT2D eigenvalue weighted by Crippen LogP contribution is -2.42. The number of guanidine groups is 1. The molecule has 6 nitrogen and oxygen atoms in total. The maximum atomic E-state index is 6.15. The van der Waals surface area contributed by atoms with E-state index in [2.05, 4.69) is 57.1 Å². The van der Waals surface area contributed by atoms with Crippen molar-refractivity contribution in [2.24, 2.45) is 10.9 Å². The molecule has 0 spiro atoms. The molecule has 2 aliphatic heterocycles. The highest BCUT2D eigenvalue weighted by Gasteiger charge is 2.27. The molecule has 2 unspecified atom stereocenters. The number of hydrogen-bond donors (Lipinski definition) is 2. The molecule has 8 heteroatoms. The molecule has 4 rings (SSSR count). The Labute approximate surface area is 213 Å². The van der Waals surface area contributed by atoms with Gasteiger partial charge in [0.2, 0.25) is 0 Å². The standard InChI is InChI=1S/C24H35N5OS.HI/c1-18-7-9-19(10-8-18)22-20(6-5-15-30-22)16-27-23(25-2)26-12-11-21-17-31-24(28-21)29-13-3-4-14-29;/h7-10,17,20,22H,3-6,11-16H2,1-2H3,(H2,25,26,27);1H. The first-order valence-corrected chi connectivity index (χ1v) is 12.4. The number of nitrogens with zero attached hydrogens (tertiary/aromatic N) is 3. The molecular weight excluding hydrogens is 533 g/mol. The number of ether oxygens (including phenoxy) is 1. The summed E-state index contributed by atoms with van der Waals surface area (Å²) in [6, 6.07) is 8.75. The molecule has 176 valence electrons. The van der Waals surface area contributed by atoms with Gasteiger partial charge in [-0.05, 0) is 38.2 Å². The van der Waals surface area contributed by atoms with Crippen LogP contribution < -0.4 is 15.5 Å². The van der Waals surface area contributed by atoms with Gasteiger partial charge < -0.3 is 20.3 Å². The van der Waals surface area contributed by atoms with Crippen molar-refractivity contribution in [3.8, 4) is 0 Å². The summed E-state index contributed by atoms with van der Waals surface area (Å²) in [5, 5.41) is 10.3. The molecule has 0 amide bonds. The Morgan fingerprint density at radius 2 is 1.97 bits per heavy atom.